The van der Waals surface area contributed by atoms with Gasteiger partial charge in [0.15, 0.2) is 0 Å². The first-order valence-electron chi connectivity index (χ1n) is 13.0. The van der Waals surface area contributed by atoms with Gasteiger partial charge in [0.25, 0.3) is 5.91 Å². The van der Waals surface area contributed by atoms with Crippen LogP contribution >= 0.6 is 11.3 Å². The number of carboxylic acid groups (broad SMARTS) is 1. The third-order valence-electron chi connectivity index (χ3n) is 7.05. The molecule has 7 nitrogen and oxygen atoms in total. The summed E-state index contributed by atoms with van der Waals surface area (Å²) in [6.07, 6.45) is 7.31. The van der Waals surface area contributed by atoms with Crippen molar-refractivity contribution in [3.63, 3.8) is 0 Å². The van der Waals surface area contributed by atoms with Gasteiger partial charge in [-0.15, -0.1) is 11.3 Å². The first-order chi connectivity index (χ1) is 17.5. The standard InChI is InChI=1S/C29H35N3O4S/c1-19-7-9-20(10-8-19)27(34)32(22-12-15-31(18-22)26(33)21-6-5-14-30-17-21)24-16-23(11-13-29(2,3)4)37-25(24)28(35)36/h5-6,14,16-17,19-20,22H,7-10,12,15,18H2,1-4H3,(H,35,36)/t19?,20?,22-/m0/s1. The Bertz CT molecular complexity index is 1210. The van der Waals surface area contributed by atoms with Crippen LogP contribution in [0.2, 0.25) is 0 Å². The van der Waals surface area contributed by atoms with E-state index in [0.717, 1.165) is 37.0 Å². The van der Waals surface area contributed by atoms with Crippen molar-refractivity contribution in [3.05, 3.63) is 45.9 Å². The van der Waals surface area contributed by atoms with Crippen molar-refractivity contribution in [3.8, 4) is 11.8 Å². The minimum atomic E-state index is -1.07. The van der Waals surface area contributed by atoms with Crippen molar-refractivity contribution in [1.29, 1.82) is 0 Å². The van der Waals surface area contributed by atoms with E-state index in [-0.39, 0.29) is 34.1 Å². The van der Waals surface area contributed by atoms with Gasteiger partial charge >= 0.3 is 5.97 Å². The van der Waals surface area contributed by atoms with Crippen molar-refractivity contribution in [1.82, 2.24) is 9.88 Å². The molecule has 2 fully saturated rings. The van der Waals surface area contributed by atoms with Gasteiger partial charge in [-0.1, -0.05) is 18.8 Å². The number of hydrogen-bond acceptors (Lipinski definition) is 5. The van der Waals surface area contributed by atoms with Crippen LogP contribution in [0.3, 0.4) is 0 Å². The van der Waals surface area contributed by atoms with Crippen LogP contribution < -0.4 is 4.90 Å². The predicted octanol–water partition coefficient (Wildman–Crippen LogP) is 5.31. The molecular formula is C29H35N3O4S. The smallest absolute Gasteiger partial charge is 0.348 e. The zero-order chi connectivity index (χ0) is 26.7. The number of rotatable bonds is 5. The molecule has 0 aromatic carbocycles. The molecule has 0 radical (unpaired) electrons. The molecule has 0 spiro atoms. The number of carboxylic acids is 1. The first kappa shape index (κ1) is 26.9. The number of likely N-dealkylation sites (tertiary alicyclic amines) is 1. The lowest BCUT2D eigenvalue weighted by Crippen LogP contribution is -2.46. The van der Waals surface area contributed by atoms with E-state index in [9.17, 15) is 19.5 Å². The third kappa shape index (κ3) is 6.40. The fourth-order valence-corrected chi connectivity index (χ4v) is 5.87. The van der Waals surface area contributed by atoms with E-state index < -0.39 is 5.97 Å². The van der Waals surface area contributed by atoms with Gasteiger partial charge in [0.2, 0.25) is 5.91 Å². The molecule has 0 unspecified atom stereocenters. The van der Waals surface area contributed by atoms with Crippen LogP contribution in [0.4, 0.5) is 5.69 Å². The Labute approximate surface area is 222 Å². The summed E-state index contributed by atoms with van der Waals surface area (Å²) in [6.45, 7) is 9.04. The number of nitrogens with zero attached hydrogens (tertiary/aromatic N) is 3. The molecule has 2 amide bonds. The monoisotopic (exact) mass is 521 g/mol. The Balaban J connectivity index is 1.69. The van der Waals surface area contributed by atoms with Crippen LogP contribution in [0.5, 0.6) is 0 Å². The minimum Gasteiger partial charge on any atom is -0.477 e. The molecule has 4 rings (SSSR count). The van der Waals surface area contributed by atoms with Crippen LogP contribution in [0.25, 0.3) is 0 Å². The molecule has 2 aromatic rings. The van der Waals surface area contributed by atoms with E-state index in [0.29, 0.717) is 41.6 Å². The van der Waals surface area contributed by atoms with Crippen molar-refractivity contribution in [2.45, 2.75) is 65.8 Å². The first-order valence-corrected chi connectivity index (χ1v) is 13.8. The summed E-state index contributed by atoms with van der Waals surface area (Å²) in [7, 11) is 0. The van der Waals surface area contributed by atoms with E-state index in [4.69, 9.17) is 0 Å². The van der Waals surface area contributed by atoms with Crippen molar-refractivity contribution < 1.29 is 19.5 Å². The number of pyridine rings is 1. The summed E-state index contributed by atoms with van der Waals surface area (Å²) in [5.41, 5.74) is 0.671. The maximum Gasteiger partial charge on any atom is 0.348 e. The van der Waals surface area contributed by atoms with Gasteiger partial charge in [-0.25, -0.2) is 4.79 Å². The lowest BCUT2D eigenvalue weighted by molar-refractivity contribution is -0.124. The van der Waals surface area contributed by atoms with Crippen LogP contribution in [-0.4, -0.2) is 51.9 Å². The SMILES string of the molecule is CC1CCC(C(=O)N(c2cc(C#CC(C)(C)C)sc2C(=O)O)[C@H]2CCN(C(=O)c3cccnc3)C2)CC1. The Kier molecular flexibility index (Phi) is 8.03. The minimum absolute atomic E-state index is 0.0387. The summed E-state index contributed by atoms with van der Waals surface area (Å²) in [5, 5.41) is 10.1. The van der Waals surface area contributed by atoms with Crippen LogP contribution in [0.15, 0.2) is 30.6 Å². The van der Waals surface area contributed by atoms with Gasteiger partial charge < -0.3 is 14.9 Å². The Morgan fingerprint density at radius 3 is 2.51 bits per heavy atom. The molecule has 8 heteroatoms. The van der Waals surface area contributed by atoms with E-state index in [1.165, 1.54) is 0 Å². The summed E-state index contributed by atoms with van der Waals surface area (Å²) in [5.74, 6) is 5.49. The number of carbonyl (C=O) groups excluding carboxylic acids is 2. The molecule has 1 saturated carbocycles. The topological polar surface area (TPSA) is 90.8 Å². The van der Waals surface area contributed by atoms with Crippen LogP contribution in [0, 0.1) is 29.1 Å². The number of thiophene rings is 1. The fourth-order valence-electron chi connectivity index (χ4n) is 5.03. The molecule has 1 aliphatic heterocycles. The average molecular weight is 522 g/mol. The normalized spacial score (nSPS) is 21.7. The highest BCUT2D eigenvalue weighted by Crippen LogP contribution is 2.38. The lowest BCUT2D eigenvalue weighted by Gasteiger charge is -2.34. The second-order valence-electron chi connectivity index (χ2n) is 11.2. The van der Waals surface area contributed by atoms with Crippen LogP contribution in [-0.2, 0) is 4.79 Å². The molecule has 0 bridgehead atoms. The van der Waals surface area contributed by atoms with Crippen LogP contribution in [0.1, 0.15) is 84.7 Å². The van der Waals surface area contributed by atoms with Crippen molar-refractivity contribution >= 4 is 34.8 Å². The molecule has 2 aliphatic rings. The predicted molar refractivity (Wildman–Crippen MR) is 145 cm³/mol. The second kappa shape index (κ2) is 11.1. The summed E-state index contributed by atoms with van der Waals surface area (Å²) < 4.78 is 0. The van der Waals surface area contributed by atoms with Gasteiger partial charge in [0.05, 0.1) is 22.2 Å². The van der Waals surface area contributed by atoms with Gasteiger partial charge in [-0.2, -0.15) is 0 Å². The van der Waals surface area contributed by atoms with E-state index in [1.54, 1.807) is 40.4 Å². The Morgan fingerprint density at radius 1 is 1.16 bits per heavy atom. The molecule has 2 aromatic heterocycles. The number of anilines is 1. The summed E-state index contributed by atoms with van der Waals surface area (Å²) in [4.78, 5) is 47.6. The number of hydrogen-bond donors (Lipinski definition) is 1. The molecule has 1 N–H and O–H groups in total. The van der Waals surface area contributed by atoms with Crippen molar-refractivity contribution in [2.75, 3.05) is 18.0 Å². The number of aromatic carboxylic acids is 1. The molecule has 196 valence electrons. The molecule has 1 atom stereocenters. The Hall–Kier alpha value is -3.18. The molecule has 1 aliphatic carbocycles. The lowest BCUT2D eigenvalue weighted by atomic mass is 9.82. The molecular weight excluding hydrogens is 486 g/mol. The van der Waals surface area contributed by atoms with E-state index in [2.05, 4.69) is 23.7 Å². The number of carbonyl (C=O) groups is 3. The molecule has 37 heavy (non-hydrogen) atoms. The molecule has 1 saturated heterocycles. The fraction of sp³-hybridized carbons (Fsp3) is 0.517. The largest absolute Gasteiger partial charge is 0.477 e. The van der Waals surface area contributed by atoms with E-state index in [1.807, 2.05) is 20.8 Å². The van der Waals surface area contributed by atoms with E-state index >= 15 is 0 Å². The third-order valence-corrected chi connectivity index (χ3v) is 8.08. The van der Waals surface area contributed by atoms with Gasteiger partial charge in [0.1, 0.15) is 4.88 Å². The highest BCUT2D eigenvalue weighted by molar-refractivity contribution is 7.15. The quantitative estimate of drug-likeness (QED) is 0.538. The molecule has 3 heterocycles. The maximum atomic E-state index is 14.0. The van der Waals surface area contributed by atoms with Gasteiger partial charge in [-0.3, -0.25) is 14.6 Å². The zero-order valence-corrected chi connectivity index (χ0v) is 22.8. The van der Waals surface area contributed by atoms with Gasteiger partial charge in [-0.05, 0) is 77.0 Å². The van der Waals surface area contributed by atoms with Crippen molar-refractivity contribution in [2.24, 2.45) is 17.3 Å². The maximum absolute atomic E-state index is 14.0. The summed E-state index contributed by atoms with van der Waals surface area (Å²) >= 11 is 1.11. The Morgan fingerprint density at radius 2 is 1.89 bits per heavy atom. The summed E-state index contributed by atoms with van der Waals surface area (Å²) in [6, 6.07) is 4.91. The highest BCUT2D eigenvalue weighted by Gasteiger charge is 2.39. The zero-order valence-electron chi connectivity index (χ0n) is 22.0. The second-order valence-corrected chi connectivity index (χ2v) is 12.3. The highest BCUT2D eigenvalue weighted by atomic mass is 32.1. The number of amides is 2. The average Bonchev–Trinajstić information content (AvgIpc) is 3.51. The number of aromatic nitrogens is 1. The van der Waals surface area contributed by atoms with Gasteiger partial charge in [0, 0.05) is 36.8 Å².